The van der Waals surface area contributed by atoms with Crippen LogP contribution in [0.1, 0.15) is 0 Å². The van der Waals surface area contributed by atoms with Crippen LogP contribution in [0.25, 0.3) is 5.95 Å². The van der Waals surface area contributed by atoms with Crippen LogP contribution in [0.2, 0.25) is 5.28 Å². The van der Waals surface area contributed by atoms with E-state index in [4.69, 9.17) is 22.1 Å². The van der Waals surface area contributed by atoms with Gasteiger partial charge in [0.15, 0.2) is 0 Å². The van der Waals surface area contributed by atoms with Gasteiger partial charge in [-0.3, -0.25) is 9.36 Å². The number of primary amides is 1. The molecule has 10 heteroatoms. The quantitative estimate of drug-likeness (QED) is 0.668. The maximum Gasteiger partial charge on any atom is 0.243 e. The van der Waals surface area contributed by atoms with Crippen molar-refractivity contribution in [1.29, 1.82) is 0 Å². The fraction of sp³-hybridized carbons (Fsp3) is 0.300. The van der Waals surface area contributed by atoms with Gasteiger partial charge in [-0.25, -0.2) is 4.98 Å². The molecule has 2 aromatic rings. The van der Waals surface area contributed by atoms with E-state index in [0.717, 1.165) is 0 Å². The Labute approximate surface area is 119 Å². The van der Waals surface area contributed by atoms with Crippen molar-refractivity contribution >= 4 is 23.5 Å². The number of nitrogens with two attached hydrogens (primary N) is 1. The lowest BCUT2D eigenvalue weighted by molar-refractivity contribution is -0.122. The van der Waals surface area contributed by atoms with E-state index >= 15 is 0 Å². The molecule has 0 bridgehead atoms. The largest absolute Gasteiger partial charge is 0.370 e. The van der Waals surface area contributed by atoms with Gasteiger partial charge in [0, 0.05) is 18.9 Å². The lowest BCUT2D eigenvalue weighted by Crippen LogP contribution is -2.21. The number of anilines is 1. The molecular weight excluding hydrogens is 286 g/mol. The lowest BCUT2D eigenvalue weighted by atomic mass is 10.6. The molecule has 106 valence electrons. The predicted molar refractivity (Wildman–Crippen MR) is 70.5 cm³/mol. The molecule has 0 saturated heterocycles. The van der Waals surface area contributed by atoms with Crippen molar-refractivity contribution in [2.24, 2.45) is 5.73 Å². The molecule has 9 nitrogen and oxygen atoms in total. The van der Waals surface area contributed by atoms with E-state index in [1.54, 1.807) is 23.3 Å². The topological polar surface area (TPSA) is 121 Å². The van der Waals surface area contributed by atoms with Gasteiger partial charge in [0.05, 0.1) is 6.61 Å². The number of nitrogens with one attached hydrogen (secondary N) is 1. The van der Waals surface area contributed by atoms with Crippen molar-refractivity contribution in [3.8, 4) is 5.95 Å². The number of ether oxygens (including phenoxy) is 1. The van der Waals surface area contributed by atoms with Gasteiger partial charge in [-0.1, -0.05) is 0 Å². The molecule has 0 atom stereocenters. The highest BCUT2D eigenvalue weighted by Crippen LogP contribution is 2.08. The Bertz CT molecular complexity index is 575. The average molecular weight is 298 g/mol. The van der Waals surface area contributed by atoms with Gasteiger partial charge in [-0.15, -0.1) is 0 Å². The summed E-state index contributed by atoms with van der Waals surface area (Å²) in [6, 6.07) is 0. The molecule has 0 spiro atoms. The second kappa shape index (κ2) is 6.78. The Balaban J connectivity index is 1.93. The van der Waals surface area contributed by atoms with Crippen molar-refractivity contribution in [2.45, 2.75) is 0 Å². The number of aromatic nitrogens is 5. The molecule has 0 aliphatic heterocycles. The van der Waals surface area contributed by atoms with E-state index in [1.807, 2.05) is 0 Å². The highest BCUT2D eigenvalue weighted by Gasteiger charge is 2.06. The summed E-state index contributed by atoms with van der Waals surface area (Å²) in [5, 5.41) is 2.96. The number of nitrogens with zero attached hydrogens (tertiary/aromatic N) is 5. The molecule has 2 heterocycles. The summed E-state index contributed by atoms with van der Waals surface area (Å²) in [6.45, 7) is 0.559. The van der Waals surface area contributed by atoms with Gasteiger partial charge in [-0.05, 0) is 11.6 Å². The molecule has 0 aromatic carbocycles. The van der Waals surface area contributed by atoms with E-state index in [1.165, 1.54) is 0 Å². The molecule has 0 fully saturated rings. The third-order valence-electron chi connectivity index (χ3n) is 2.11. The highest BCUT2D eigenvalue weighted by molar-refractivity contribution is 6.28. The number of amides is 1. The Hall–Kier alpha value is -2.26. The van der Waals surface area contributed by atoms with Crippen molar-refractivity contribution in [2.75, 3.05) is 25.1 Å². The normalized spacial score (nSPS) is 10.4. The monoisotopic (exact) mass is 297 g/mol. The molecule has 0 radical (unpaired) electrons. The number of hydrogen-bond donors (Lipinski definition) is 2. The number of imidazole rings is 1. The molecule has 3 N–H and O–H groups in total. The number of rotatable bonds is 7. The third kappa shape index (κ3) is 4.14. The first kappa shape index (κ1) is 14.2. The fourth-order valence-electron chi connectivity index (χ4n) is 1.32. The minimum absolute atomic E-state index is 0.0595. The zero-order valence-corrected chi connectivity index (χ0v) is 11.1. The first-order valence-corrected chi connectivity index (χ1v) is 6.03. The molecule has 20 heavy (non-hydrogen) atoms. The van der Waals surface area contributed by atoms with Gasteiger partial charge in [0.25, 0.3) is 0 Å². The molecular formula is C10H12ClN7O2. The average Bonchev–Trinajstić information content (AvgIpc) is 2.91. The fourth-order valence-corrected chi connectivity index (χ4v) is 1.47. The van der Waals surface area contributed by atoms with E-state index in [0.29, 0.717) is 18.4 Å². The maximum atomic E-state index is 10.5. The second-order valence-electron chi connectivity index (χ2n) is 3.64. The molecule has 0 aliphatic carbocycles. The van der Waals surface area contributed by atoms with Crippen LogP contribution in [-0.4, -0.2) is 50.2 Å². The zero-order chi connectivity index (χ0) is 14.4. The summed E-state index contributed by atoms with van der Waals surface area (Å²) >= 11 is 5.82. The summed E-state index contributed by atoms with van der Waals surface area (Å²) in [5.41, 5.74) is 4.94. The summed E-state index contributed by atoms with van der Waals surface area (Å²) in [6.07, 6.45) is 4.83. The standard InChI is InChI=1S/C10H12ClN7O2/c11-8-15-9(14-2-4-20-5-7(12)19)17-10(16-8)18-3-1-13-6-18/h1,3,6H,2,4-5H2,(H2,12,19)(H,14,15,16,17). The molecule has 0 unspecified atom stereocenters. The molecule has 1 amide bonds. The van der Waals surface area contributed by atoms with Crippen LogP contribution in [0, 0.1) is 0 Å². The van der Waals surface area contributed by atoms with Crippen molar-refractivity contribution in [1.82, 2.24) is 24.5 Å². The van der Waals surface area contributed by atoms with Crippen molar-refractivity contribution < 1.29 is 9.53 Å². The van der Waals surface area contributed by atoms with E-state index < -0.39 is 5.91 Å². The number of halogens is 1. The first-order valence-electron chi connectivity index (χ1n) is 5.65. The van der Waals surface area contributed by atoms with Crippen LogP contribution < -0.4 is 11.1 Å². The lowest BCUT2D eigenvalue weighted by Gasteiger charge is -2.07. The Morgan fingerprint density at radius 2 is 2.30 bits per heavy atom. The number of carbonyl (C=O) groups excluding carboxylic acids is 1. The summed E-state index contributed by atoms with van der Waals surface area (Å²) in [5.74, 6) is 0.134. The molecule has 2 aromatic heterocycles. The van der Waals surface area contributed by atoms with E-state index in [-0.39, 0.29) is 18.5 Å². The molecule has 0 aliphatic rings. The zero-order valence-electron chi connectivity index (χ0n) is 10.4. The minimum Gasteiger partial charge on any atom is -0.370 e. The van der Waals surface area contributed by atoms with Crippen LogP contribution in [0.15, 0.2) is 18.7 Å². The summed E-state index contributed by atoms with van der Waals surface area (Å²) in [7, 11) is 0. The number of hydrogen-bond acceptors (Lipinski definition) is 7. The second-order valence-corrected chi connectivity index (χ2v) is 3.98. The summed E-state index contributed by atoms with van der Waals surface area (Å²) in [4.78, 5) is 26.4. The van der Waals surface area contributed by atoms with Crippen LogP contribution in [0.5, 0.6) is 0 Å². The van der Waals surface area contributed by atoms with Crippen LogP contribution in [0.4, 0.5) is 5.95 Å². The summed E-state index contributed by atoms with van der Waals surface area (Å²) < 4.78 is 6.59. The van der Waals surface area contributed by atoms with Crippen molar-refractivity contribution in [3.05, 3.63) is 24.0 Å². The first-order chi connectivity index (χ1) is 9.65. The van der Waals surface area contributed by atoms with Crippen LogP contribution >= 0.6 is 11.6 Å². The van der Waals surface area contributed by atoms with Crippen LogP contribution in [-0.2, 0) is 9.53 Å². The van der Waals surface area contributed by atoms with Gasteiger partial charge < -0.3 is 15.8 Å². The number of carbonyl (C=O) groups is 1. The third-order valence-corrected chi connectivity index (χ3v) is 2.27. The Kier molecular flexibility index (Phi) is 4.80. The van der Waals surface area contributed by atoms with E-state index in [9.17, 15) is 4.79 Å². The van der Waals surface area contributed by atoms with Gasteiger partial charge >= 0.3 is 0 Å². The smallest absolute Gasteiger partial charge is 0.243 e. The predicted octanol–water partition coefficient (Wildman–Crippen LogP) is -0.376. The van der Waals surface area contributed by atoms with Crippen molar-refractivity contribution in [3.63, 3.8) is 0 Å². The van der Waals surface area contributed by atoms with Gasteiger partial charge in [-0.2, -0.15) is 15.0 Å². The Morgan fingerprint density at radius 1 is 1.45 bits per heavy atom. The Morgan fingerprint density at radius 3 is 3.00 bits per heavy atom. The van der Waals surface area contributed by atoms with Gasteiger partial charge in [0.2, 0.25) is 23.1 Å². The highest BCUT2D eigenvalue weighted by atomic mass is 35.5. The molecule has 0 saturated carbocycles. The molecule has 2 rings (SSSR count). The maximum absolute atomic E-state index is 10.5. The van der Waals surface area contributed by atoms with Crippen LogP contribution in [0.3, 0.4) is 0 Å². The van der Waals surface area contributed by atoms with E-state index in [2.05, 4.69) is 25.3 Å². The SMILES string of the molecule is NC(=O)COCCNc1nc(Cl)nc(-n2ccnc2)n1. The minimum atomic E-state index is -0.518. The van der Waals surface area contributed by atoms with Gasteiger partial charge in [0.1, 0.15) is 12.9 Å².